The van der Waals surface area contributed by atoms with Crippen LogP contribution in [-0.2, 0) is 14.3 Å². The second kappa shape index (κ2) is 7.33. The SMILES string of the molecule is C=CCN1C(=O)C(c2ccccc2OC)=C(N2CC(C)OC(C)C2)C1=O. The highest BCUT2D eigenvalue weighted by molar-refractivity contribution is 6.36. The van der Waals surface area contributed by atoms with Gasteiger partial charge in [-0.3, -0.25) is 14.5 Å². The van der Waals surface area contributed by atoms with Gasteiger partial charge in [-0.1, -0.05) is 24.3 Å². The average Bonchev–Trinajstić information content (AvgIpc) is 2.85. The van der Waals surface area contributed by atoms with Crippen molar-refractivity contribution in [1.82, 2.24) is 9.80 Å². The maximum absolute atomic E-state index is 13.1. The molecule has 2 atom stereocenters. The van der Waals surface area contributed by atoms with Gasteiger partial charge < -0.3 is 14.4 Å². The summed E-state index contributed by atoms with van der Waals surface area (Å²) in [5.74, 6) is -0.0470. The maximum atomic E-state index is 13.1. The first-order valence-corrected chi connectivity index (χ1v) is 8.73. The summed E-state index contributed by atoms with van der Waals surface area (Å²) in [5, 5.41) is 0. The van der Waals surface area contributed by atoms with Crippen LogP contribution in [0.15, 0.2) is 42.6 Å². The van der Waals surface area contributed by atoms with Crippen molar-refractivity contribution in [2.45, 2.75) is 26.1 Å². The minimum atomic E-state index is -0.318. The van der Waals surface area contributed by atoms with Gasteiger partial charge in [-0.05, 0) is 19.9 Å². The van der Waals surface area contributed by atoms with Crippen LogP contribution in [0.25, 0.3) is 5.57 Å². The van der Waals surface area contributed by atoms with Gasteiger partial charge in [0.2, 0.25) is 0 Å². The van der Waals surface area contributed by atoms with Crippen LogP contribution in [0, 0.1) is 0 Å². The van der Waals surface area contributed by atoms with Crippen LogP contribution in [0.4, 0.5) is 0 Å². The number of hydrogen-bond donors (Lipinski definition) is 0. The summed E-state index contributed by atoms with van der Waals surface area (Å²) in [6.45, 7) is 8.88. The lowest BCUT2D eigenvalue weighted by Gasteiger charge is -2.37. The van der Waals surface area contributed by atoms with Crippen molar-refractivity contribution in [3.8, 4) is 5.75 Å². The van der Waals surface area contributed by atoms with E-state index in [9.17, 15) is 9.59 Å². The number of para-hydroxylation sites is 1. The zero-order chi connectivity index (χ0) is 18.8. The molecule has 2 heterocycles. The summed E-state index contributed by atoms with van der Waals surface area (Å²) in [4.78, 5) is 29.3. The summed E-state index contributed by atoms with van der Waals surface area (Å²) in [5.41, 5.74) is 1.43. The van der Waals surface area contributed by atoms with E-state index in [2.05, 4.69) is 6.58 Å². The highest BCUT2D eigenvalue weighted by atomic mass is 16.5. The molecule has 1 aromatic carbocycles. The highest BCUT2D eigenvalue weighted by Gasteiger charge is 2.43. The van der Waals surface area contributed by atoms with Crippen molar-refractivity contribution in [3.63, 3.8) is 0 Å². The Morgan fingerprint density at radius 1 is 1.19 bits per heavy atom. The van der Waals surface area contributed by atoms with Crippen molar-refractivity contribution in [2.75, 3.05) is 26.7 Å². The molecule has 6 nitrogen and oxygen atoms in total. The molecule has 3 rings (SSSR count). The van der Waals surface area contributed by atoms with E-state index in [0.29, 0.717) is 35.7 Å². The topological polar surface area (TPSA) is 59.1 Å². The molecule has 26 heavy (non-hydrogen) atoms. The molecule has 1 saturated heterocycles. The van der Waals surface area contributed by atoms with Gasteiger partial charge in [0.05, 0.1) is 24.9 Å². The molecule has 0 radical (unpaired) electrons. The molecule has 6 heteroatoms. The van der Waals surface area contributed by atoms with Gasteiger partial charge in [0.15, 0.2) is 0 Å². The quantitative estimate of drug-likeness (QED) is 0.597. The van der Waals surface area contributed by atoms with Crippen LogP contribution < -0.4 is 4.74 Å². The Morgan fingerprint density at radius 3 is 2.46 bits per heavy atom. The molecule has 2 unspecified atom stereocenters. The summed E-state index contributed by atoms with van der Waals surface area (Å²) in [6, 6.07) is 7.27. The molecule has 2 aliphatic rings. The highest BCUT2D eigenvalue weighted by Crippen LogP contribution is 2.36. The molecule has 2 aliphatic heterocycles. The van der Waals surface area contributed by atoms with Gasteiger partial charge in [-0.25, -0.2) is 0 Å². The largest absolute Gasteiger partial charge is 0.496 e. The van der Waals surface area contributed by atoms with Gasteiger partial charge in [-0.15, -0.1) is 6.58 Å². The third-order valence-electron chi connectivity index (χ3n) is 4.57. The van der Waals surface area contributed by atoms with Crippen molar-refractivity contribution >= 4 is 17.4 Å². The molecule has 0 saturated carbocycles. The Morgan fingerprint density at radius 2 is 1.85 bits per heavy atom. The number of ether oxygens (including phenoxy) is 2. The zero-order valence-corrected chi connectivity index (χ0v) is 15.4. The number of carbonyl (C=O) groups excluding carboxylic acids is 2. The fraction of sp³-hybridized carbons (Fsp3) is 0.400. The van der Waals surface area contributed by atoms with E-state index in [1.54, 1.807) is 19.3 Å². The smallest absolute Gasteiger partial charge is 0.278 e. The predicted octanol–water partition coefficient (Wildman–Crippen LogP) is 2.07. The summed E-state index contributed by atoms with van der Waals surface area (Å²) >= 11 is 0. The third kappa shape index (κ3) is 3.12. The lowest BCUT2D eigenvalue weighted by atomic mass is 10.0. The van der Waals surface area contributed by atoms with Crippen LogP contribution in [-0.4, -0.2) is 60.6 Å². The number of rotatable bonds is 5. The summed E-state index contributed by atoms with van der Waals surface area (Å²) < 4.78 is 11.2. The van der Waals surface area contributed by atoms with Gasteiger partial charge in [0, 0.05) is 25.2 Å². The van der Waals surface area contributed by atoms with E-state index in [1.165, 1.54) is 4.90 Å². The minimum Gasteiger partial charge on any atom is -0.496 e. The first-order valence-electron chi connectivity index (χ1n) is 8.73. The Labute approximate surface area is 153 Å². The minimum absolute atomic E-state index is 0.0264. The Bertz CT molecular complexity index is 761. The number of hydrogen-bond acceptors (Lipinski definition) is 5. The van der Waals surface area contributed by atoms with Crippen molar-refractivity contribution in [3.05, 3.63) is 48.2 Å². The number of amides is 2. The van der Waals surface area contributed by atoms with E-state index in [4.69, 9.17) is 9.47 Å². The first-order chi connectivity index (χ1) is 12.5. The van der Waals surface area contributed by atoms with Crippen molar-refractivity contribution in [2.24, 2.45) is 0 Å². The number of imide groups is 1. The lowest BCUT2D eigenvalue weighted by molar-refractivity contribution is -0.137. The molecule has 0 spiro atoms. The Balaban J connectivity index is 2.15. The Hall–Kier alpha value is -2.60. The number of morpholine rings is 1. The fourth-order valence-electron chi connectivity index (χ4n) is 3.61. The van der Waals surface area contributed by atoms with Crippen LogP contribution >= 0.6 is 0 Å². The van der Waals surface area contributed by atoms with Crippen molar-refractivity contribution < 1.29 is 19.1 Å². The van der Waals surface area contributed by atoms with E-state index in [-0.39, 0.29) is 30.6 Å². The standard InChI is InChI=1S/C20H24N2O4/c1-5-10-22-19(23)17(15-8-6-7-9-16(15)25-4)18(20(22)24)21-11-13(2)26-14(3)12-21/h5-9,13-14H,1,10-12H2,2-4H3. The number of methoxy groups -OCH3 is 1. The first kappa shape index (κ1) is 18.2. The van der Waals surface area contributed by atoms with Gasteiger partial charge in [-0.2, -0.15) is 0 Å². The molecule has 0 N–H and O–H groups in total. The second-order valence-corrected chi connectivity index (χ2v) is 6.60. The number of nitrogens with zero attached hydrogens (tertiary/aromatic N) is 2. The second-order valence-electron chi connectivity index (χ2n) is 6.60. The maximum Gasteiger partial charge on any atom is 0.278 e. The normalized spacial score (nSPS) is 23.7. The lowest BCUT2D eigenvalue weighted by Crippen LogP contribution is -2.47. The van der Waals surface area contributed by atoms with Crippen LogP contribution in [0.3, 0.4) is 0 Å². The van der Waals surface area contributed by atoms with Crippen LogP contribution in [0.2, 0.25) is 0 Å². The molecule has 0 bridgehead atoms. The number of benzene rings is 1. The molecular formula is C20H24N2O4. The molecule has 138 valence electrons. The van der Waals surface area contributed by atoms with Crippen molar-refractivity contribution in [1.29, 1.82) is 0 Å². The molecule has 1 aromatic rings. The Kier molecular flexibility index (Phi) is 5.13. The molecule has 2 amide bonds. The number of carbonyl (C=O) groups is 2. The summed E-state index contributed by atoms with van der Waals surface area (Å²) in [6.07, 6.45) is 1.51. The molecule has 1 fully saturated rings. The van der Waals surface area contributed by atoms with Crippen LogP contribution in [0.5, 0.6) is 5.75 Å². The molecule has 0 aromatic heterocycles. The monoisotopic (exact) mass is 356 g/mol. The zero-order valence-electron chi connectivity index (χ0n) is 15.4. The van der Waals surface area contributed by atoms with E-state index in [1.807, 2.05) is 36.9 Å². The average molecular weight is 356 g/mol. The predicted molar refractivity (Wildman–Crippen MR) is 98.4 cm³/mol. The van der Waals surface area contributed by atoms with Crippen LogP contribution in [0.1, 0.15) is 19.4 Å². The van der Waals surface area contributed by atoms with E-state index < -0.39 is 0 Å². The molecule has 0 aliphatic carbocycles. The van der Waals surface area contributed by atoms with Gasteiger partial charge in [0.1, 0.15) is 11.4 Å². The third-order valence-corrected chi connectivity index (χ3v) is 4.57. The van der Waals surface area contributed by atoms with E-state index >= 15 is 0 Å². The van der Waals surface area contributed by atoms with E-state index in [0.717, 1.165) is 0 Å². The summed E-state index contributed by atoms with van der Waals surface area (Å²) in [7, 11) is 1.56. The van der Waals surface area contributed by atoms with Gasteiger partial charge >= 0.3 is 0 Å². The van der Waals surface area contributed by atoms with Gasteiger partial charge in [0.25, 0.3) is 11.8 Å². The fourth-order valence-corrected chi connectivity index (χ4v) is 3.61. The molecular weight excluding hydrogens is 332 g/mol.